The molecule has 1 amide bonds. The van der Waals surface area contributed by atoms with Crippen molar-refractivity contribution in [1.29, 1.82) is 0 Å². The van der Waals surface area contributed by atoms with Gasteiger partial charge in [-0.2, -0.15) is 0 Å². The highest BCUT2D eigenvalue weighted by Gasteiger charge is 2.31. The second-order valence-electron chi connectivity index (χ2n) is 8.64. The molecule has 35 heavy (non-hydrogen) atoms. The van der Waals surface area contributed by atoms with Crippen LogP contribution >= 0.6 is 35.0 Å². The van der Waals surface area contributed by atoms with Crippen LogP contribution in [0.3, 0.4) is 0 Å². The van der Waals surface area contributed by atoms with Gasteiger partial charge in [-0.15, -0.1) is 11.8 Å². The molecule has 1 saturated heterocycles. The third-order valence-electron chi connectivity index (χ3n) is 5.38. The molecule has 0 spiro atoms. The van der Waals surface area contributed by atoms with Crippen LogP contribution in [0.5, 0.6) is 5.75 Å². The Morgan fingerprint density at radius 1 is 1.17 bits per heavy atom. The number of amides is 1. The second kappa shape index (κ2) is 12.8. The maximum absolute atomic E-state index is 12.4. The third kappa shape index (κ3) is 8.58. The molecule has 0 aliphatic carbocycles. The number of hydrogen-bond donors (Lipinski definition) is 1. The monoisotopic (exact) mass is 540 g/mol. The van der Waals surface area contributed by atoms with Gasteiger partial charge < -0.3 is 19.5 Å². The number of nitrogens with zero attached hydrogens (tertiary/aromatic N) is 1. The van der Waals surface area contributed by atoms with Crippen LogP contribution in [-0.2, 0) is 25.6 Å². The van der Waals surface area contributed by atoms with E-state index in [0.29, 0.717) is 28.9 Å². The molecule has 1 heterocycles. The average molecular weight is 541 g/mol. The summed E-state index contributed by atoms with van der Waals surface area (Å²) in [5, 5.41) is 4.05. The minimum absolute atomic E-state index is 0.0626. The van der Waals surface area contributed by atoms with E-state index < -0.39 is 11.6 Å². The Morgan fingerprint density at radius 3 is 2.60 bits per heavy atom. The van der Waals surface area contributed by atoms with Crippen LogP contribution in [0, 0.1) is 0 Å². The number of benzene rings is 2. The maximum atomic E-state index is 12.4. The number of methoxy groups -OCH3 is 1. The number of esters is 1. The Morgan fingerprint density at radius 2 is 1.91 bits per heavy atom. The molecule has 0 aromatic heterocycles. The zero-order valence-corrected chi connectivity index (χ0v) is 22.3. The van der Waals surface area contributed by atoms with Crippen molar-refractivity contribution >= 4 is 46.8 Å². The van der Waals surface area contributed by atoms with E-state index in [1.54, 1.807) is 32.0 Å². The van der Waals surface area contributed by atoms with Crippen LogP contribution in [0.2, 0.25) is 10.0 Å². The van der Waals surface area contributed by atoms with Gasteiger partial charge in [0, 0.05) is 31.1 Å². The van der Waals surface area contributed by atoms with Gasteiger partial charge in [0.05, 0.1) is 35.6 Å². The van der Waals surface area contributed by atoms with E-state index in [4.69, 9.17) is 37.4 Å². The summed E-state index contributed by atoms with van der Waals surface area (Å²) in [5.74, 6) is 0.321. The zero-order chi connectivity index (χ0) is 25.4. The fraction of sp³-hybridized carbons (Fsp3) is 0.440. The van der Waals surface area contributed by atoms with Crippen LogP contribution in [0.15, 0.2) is 47.4 Å². The van der Waals surface area contributed by atoms with Gasteiger partial charge in [-0.05, 0) is 55.8 Å². The average Bonchev–Trinajstić information content (AvgIpc) is 2.84. The summed E-state index contributed by atoms with van der Waals surface area (Å²) in [6.45, 7) is 6.64. The van der Waals surface area contributed by atoms with E-state index in [1.165, 1.54) is 18.9 Å². The molecule has 3 rings (SSSR count). The maximum Gasteiger partial charge on any atom is 0.349 e. The molecule has 10 heteroatoms. The Balaban J connectivity index is 1.39. The van der Waals surface area contributed by atoms with Crippen molar-refractivity contribution in [3.8, 4) is 5.75 Å². The first-order valence-corrected chi connectivity index (χ1v) is 13.0. The van der Waals surface area contributed by atoms with Gasteiger partial charge >= 0.3 is 5.97 Å². The first kappa shape index (κ1) is 27.6. The summed E-state index contributed by atoms with van der Waals surface area (Å²) in [7, 11) is 1.33. The number of ether oxygens (including phenoxy) is 3. The molecule has 1 aliphatic rings. The molecule has 7 nitrogen and oxygen atoms in total. The van der Waals surface area contributed by atoms with Crippen molar-refractivity contribution < 1.29 is 23.8 Å². The van der Waals surface area contributed by atoms with Crippen LogP contribution in [0.4, 0.5) is 0 Å². The molecule has 2 aromatic rings. The molecule has 0 radical (unpaired) electrons. The second-order valence-corrected chi connectivity index (χ2v) is 10.5. The number of morpholine rings is 1. The van der Waals surface area contributed by atoms with Crippen molar-refractivity contribution in [3.63, 3.8) is 0 Å². The largest absolute Gasteiger partial charge is 0.476 e. The van der Waals surface area contributed by atoms with E-state index >= 15 is 0 Å². The molecule has 1 fully saturated rings. The molecule has 1 N–H and O–H groups in total. The highest BCUT2D eigenvalue weighted by molar-refractivity contribution is 8.00. The summed E-state index contributed by atoms with van der Waals surface area (Å²) in [6, 6.07) is 12.9. The summed E-state index contributed by atoms with van der Waals surface area (Å²) in [5.41, 5.74) is 0.00725. The van der Waals surface area contributed by atoms with E-state index in [0.717, 1.165) is 30.1 Å². The van der Waals surface area contributed by atoms with Gasteiger partial charge in [0.15, 0.2) is 5.60 Å². The number of hydrogen-bond acceptors (Lipinski definition) is 7. The van der Waals surface area contributed by atoms with Crippen LogP contribution in [0.25, 0.3) is 0 Å². The van der Waals surface area contributed by atoms with Gasteiger partial charge in [0.25, 0.3) is 0 Å². The lowest BCUT2D eigenvalue weighted by atomic mass is 10.1. The van der Waals surface area contributed by atoms with Crippen molar-refractivity contribution in [3.05, 3.63) is 58.1 Å². The van der Waals surface area contributed by atoms with Gasteiger partial charge in [-0.25, -0.2) is 4.79 Å². The molecule has 190 valence electrons. The molecule has 0 bridgehead atoms. The highest BCUT2D eigenvalue weighted by atomic mass is 35.5. The van der Waals surface area contributed by atoms with Crippen molar-refractivity contribution in [1.82, 2.24) is 10.2 Å². The number of halogens is 2. The third-order valence-corrected chi connectivity index (χ3v) is 7.13. The van der Waals surface area contributed by atoms with Gasteiger partial charge in [0.2, 0.25) is 5.91 Å². The lowest BCUT2D eigenvalue weighted by Crippen LogP contribution is -2.47. The van der Waals surface area contributed by atoms with E-state index in [2.05, 4.69) is 10.2 Å². The van der Waals surface area contributed by atoms with Gasteiger partial charge in [0.1, 0.15) is 5.75 Å². The van der Waals surface area contributed by atoms with Crippen molar-refractivity contribution in [2.24, 2.45) is 0 Å². The van der Waals surface area contributed by atoms with E-state index in [9.17, 15) is 9.59 Å². The standard InChI is InChI=1S/C25H30Cl2N2O5S/c1-25(2,24(31)32-3)34-18-5-7-20(8-6-18)35-16-23(30)28-13-19-15-29(10-11-33-19)14-17-4-9-21(26)22(27)12-17/h4-9,12,19H,10-11,13-16H2,1-3H3,(H,28,30)/t19-/m0/s1. The summed E-state index contributed by atoms with van der Waals surface area (Å²) < 4.78 is 16.3. The molecule has 1 atom stereocenters. The first-order valence-electron chi connectivity index (χ1n) is 11.2. The van der Waals surface area contributed by atoms with E-state index in [-0.39, 0.29) is 17.8 Å². The van der Waals surface area contributed by atoms with E-state index in [1.807, 2.05) is 24.3 Å². The fourth-order valence-electron chi connectivity index (χ4n) is 3.56. The number of thioether (sulfide) groups is 1. The SMILES string of the molecule is COC(=O)C(C)(C)Oc1ccc(SCC(=O)NC[C@H]2CN(Cc3ccc(Cl)c(Cl)c3)CCO2)cc1. The molecular weight excluding hydrogens is 511 g/mol. The number of nitrogens with one attached hydrogen (secondary N) is 1. The minimum Gasteiger partial charge on any atom is -0.476 e. The Bertz CT molecular complexity index is 1020. The fourth-order valence-corrected chi connectivity index (χ4v) is 4.61. The van der Waals surface area contributed by atoms with Gasteiger partial charge in [-0.3, -0.25) is 9.69 Å². The lowest BCUT2D eigenvalue weighted by Gasteiger charge is -2.33. The molecular formula is C25H30Cl2N2O5S. The van der Waals surface area contributed by atoms with Crippen molar-refractivity contribution in [2.45, 2.75) is 37.0 Å². The van der Waals surface area contributed by atoms with Crippen LogP contribution in [0.1, 0.15) is 19.4 Å². The van der Waals surface area contributed by atoms with Crippen LogP contribution in [-0.4, -0.2) is 67.6 Å². The number of carbonyl (C=O) groups excluding carboxylic acids is 2. The van der Waals surface area contributed by atoms with Crippen molar-refractivity contribution in [2.75, 3.05) is 39.1 Å². The number of carbonyl (C=O) groups is 2. The van der Waals surface area contributed by atoms with Crippen LogP contribution < -0.4 is 10.1 Å². The first-order chi connectivity index (χ1) is 16.7. The normalized spacial score (nSPS) is 16.5. The van der Waals surface area contributed by atoms with Gasteiger partial charge in [-0.1, -0.05) is 29.3 Å². The zero-order valence-electron chi connectivity index (χ0n) is 20.0. The Kier molecular flexibility index (Phi) is 10.1. The lowest BCUT2D eigenvalue weighted by molar-refractivity contribution is -0.156. The Labute approximate surface area is 220 Å². The highest BCUT2D eigenvalue weighted by Crippen LogP contribution is 2.25. The smallest absolute Gasteiger partial charge is 0.349 e. The molecule has 0 saturated carbocycles. The summed E-state index contributed by atoms with van der Waals surface area (Å²) >= 11 is 13.5. The quantitative estimate of drug-likeness (QED) is 0.352. The summed E-state index contributed by atoms with van der Waals surface area (Å²) in [4.78, 5) is 27.3. The predicted molar refractivity (Wildman–Crippen MR) is 138 cm³/mol. The molecule has 2 aromatic carbocycles. The number of rotatable bonds is 10. The predicted octanol–water partition coefficient (Wildman–Crippen LogP) is 4.43. The molecule has 0 unspecified atom stereocenters. The minimum atomic E-state index is -1.08. The summed E-state index contributed by atoms with van der Waals surface area (Å²) in [6.07, 6.45) is -0.0740. The topological polar surface area (TPSA) is 77.1 Å². The Hall–Kier alpha value is -1.97. The molecule has 1 aliphatic heterocycles.